The van der Waals surface area contributed by atoms with Gasteiger partial charge in [-0.25, -0.2) is 0 Å². The smallest absolute Gasteiger partial charge is 0.0472 e. The molecule has 1 N–H and O–H groups in total. The Balaban J connectivity index is 1.67. The lowest BCUT2D eigenvalue weighted by atomic mass is 10.0. The van der Waals surface area contributed by atoms with Gasteiger partial charge in [-0.15, -0.1) is 0 Å². The van der Waals surface area contributed by atoms with Crippen molar-refractivity contribution < 1.29 is 0 Å². The molecule has 0 spiro atoms. The van der Waals surface area contributed by atoms with Crippen LogP contribution in [-0.2, 0) is 0 Å². The van der Waals surface area contributed by atoms with Crippen molar-refractivity contribution in [1.82, 2.24) is 10.2 Å². The molecule has 3 rings (SSSR count). The number of nitrogens with one attached hydrogen (secondary N) is 1. The van der Waals surface area contributed by atoms with Crippen LogP contribution in [0.4, 0.5) is 0 Å². The molecular formula is C19H30N2. The van der Waals surface area contributed by atoms with Crippen molar-refractivity contribution in [3.63, 3.8) is 0 Å². The van der Waals surface area contributed by atoms with E-state index in [9.17, 15) is 0 Å². The van der Waals surface area contributed by atoms with Gasteiger partial charge in [0.2, 0.25) is 0 Å². The number of benzene rings is 1. The zero-order chi connectivity index (χ0) is 14.7. The van der Waals surface area contributed by atoms with Gasteiger partial charge in [0.25, 0.3) is 0 Å². The molecule has 1 saturated carbocycles. The highest BCUT2D eigenvalue weighted by atomic mass is 15.2. The van der Waals surface area contributed by atoms with E-state index in [1.54, 1.807) is 0 Å². The lowest BCUT2D eigenvalue weighted by Gasteiger charge is -2.29. The Labute approximate surface area is 129 Å². The van der Waals surface area contributed by atoms with Crippen molar-refractivity contribution in [1.29, 1.82) is 0 Å². The molecular weight excluding hydrogens is 256 g/mol. The number of fused-ring (bicyclic) bond motifs is 1. The molecule has 2 heteroatoms. The molecule has 2 fully saturated rings. The van der Waals surface area contributed by atoms with E-state index >= 15 is 0 Å². The second kappa shape index (κ2) is 6.93. The molecule has 1 saturated heterocycles. The Kier molecular flexibility index (Phi) is 4.97. The van der Waals surface area contributed by atoms with Crippen molar-refractivity contribution in [2.75, 3.05) is 26.2 Å². The molecule has 0 aromatic heterocycles. The van der Waals surface area contributed by atoms with Crippen LogP contribution in [0.1, 0.15) is 44.7 Å². The average Bonchev–Trinajstić information content (AvgIpc) is 3.05. The molecule has 0 radical (unpaired) electrons. The molecule has 116 valence electrons. The number of likely N-dealkylation sites (tertiary alicyclic amines) is 1. The van der Waals surface area contributed by atoms with Crippen LogP contribution in [0.25, 0.3) is 0 Å². The third kappa shape index (κ3) is 3.67. The number of rotatable bonds is 6. The fourth-order valence-corrected chi connectivity index (χ4v) is 4.17. The van der Waals surface area contributed by atoms with E-state index in [-0.39, 0.29) is 0 Å². The summed E-state index contributed by atoms with van der Waals surface area (Å²) in [5, 5.41) is 3.68. The molecule has 1 aromatic carbocycles. The Morgan fingerprint density at radius 2 is 1.71 bits per heavy atom. The average molecular weight is 286 g/mol. The highest BCUT2D eigenvalue weighted by Gasteiger charge is 2.38. The summed E-state index contributed by atoms with van der Waals surface area (Å²) < 4.78 is 0. The maximum Gasteiger partial charge on any atom is 0.0472 e. The van der Waals surface area contributed by atoms with E-state index in [0.29, 0.717) is 6.04 Å². The van der Waals surface area contributed by atoms with Gasteiger partial charge in [0.1, 0.15) is 0 Å². The van der Waals surface area contributed by atoms with Gasteiger partial charge >= 0.3 is 0 Å². The zero-order valence-electron chi connectivity index (χ0n) is 13.6. The number of hydrogen-bond acceptors (Lipinski definition) is 2. The predicted molar refractivity (Wildman–Crippen MR) is 89.3 cm³/mol. The highest BCUT2D eigenvalue weighted by Crippen LogP contribution is 2.40. The van der Waals surface area contributed by atoms with Crippen LogP contribution in [0.15, 0.2) is 30.3 Å². The minimum absolute atomic E-state index is 0.551. The summed E-state index contributed by atoms with van der Waals surface area (Å²) in [5.41, 5.74) is 1.48. The van der Waals surface area contributed by atoms with Gasteiger partial charge in [-0.05, 0) is 42.7 Å². The highest BCUT2D eigenvalue weighted by molar-refractivity contribution is 5.20. The van der Waals surface area contributed by atoms with E-state index in [1.807, 2.05) is 0 Å². The molecule has 1 aromatic rings. The quantitative estimate of drug-likeness (QED) is 0.857. The lowest BCUT2D eigenvalue weighted by Crippen LogP contribution is -2.36. The first kappa shape index (κ1) is 15.1. The second-order valence-electron chi connectivity index (χ2n) is 7.38. The van der Waals surface area contributed by atoms with Crippen molar-refractivity contribution >= 4 is 0 Å². The van der Waals surface area contributed by atoms with E-state index in [2.05, 4.69) is 54.4 Å². The number of nitrogens with zero attached hydrogens (tertiary/aromatic N) is 1. The van der Waals surface area contributed by atoms with Gasteiger partial charge in [0.15, 0.2) is 0 Å². The summed E-state index contributed by atoms with van der Waals surface area (Å²) in [7, 11) is 0. The lowest BCUT2D eigenvalue weighted by molar-refractivity contribution is 0.219. The van der Waals surface area contributed by atoms with E-state index in [4.69, 9.17) is 0 Å². The zero-order valence-corrected chi connectivity index (χ0v) is 13.6. The van der Waals surface area contributed by atoms with E-state index in [0.717, 1.165) is 30.8 Å². The first-order valence-corrected chi connectivity index (χ1v) is 8.73. The molecule has 1 heterocycles. The summed E-state index contributed by atoms with van der Waals surface area (Å²) in [4.78, 5) is 2.75. The minimum Gasteiger partial charge on any atom is -0.315 e. The van der Waals surface area contributed by atoms with Crippen LogP contribution in [0.2, 0.25) is 0 Å². The molecule has 1 aliphatic carbocycles. The Morgan fingerprint density at radius 1 is 1.05 bits per heavy atom. The Hall–Kier alpha value is -0.860. The Morgan fingerprint density at radius 3 is 2.33 bits per heavy atom. The molecule has 0 amide bonds. The molecule has 2 nitrogen and oxygen atoms in total. The summed E-state index contributed by atoms with van der Waals surface area (Å²) in [6, 6.07) is 11.6. The fourth-order valence-electron chi connectivity index (χ4n) is 4.17. The van der Waals surface area contributed by atoms with Crippen molar-refractivity contribution in [3.8, 4) is 0 Å². The topological polar surface area (TPSA) is 15.3 Å². The third-order valence-corrected chi connectivity index (χ3v) is 5.27. The minimum atomic E-state index is 0.551. The van der Waals surface area contributed by atoms with Gasteiger partial charge in [-0.1, -0.05) is 50.6 Å². The molecule has 1 aliphatic heterocycles. The van der Waals surface area contributed by atoms with Gasteiger partial charge in [-0.2, -0.15) is 0 Å². The summed E-state index contributed by atoms with van der Waals surface area (Å²) in [5.74, 6) is 2.67. The van der Waals surface area contributed by atoms with Crippen molar-refractivity contribution in [2.24, 2.45) is 17.8 Å². The molecule has 3 unspecified atom stereocenters. The first-order chi connectivity index (χ1) is 10.2. The van der Waals surface area contributed by atoms with E-state index in [1.165, 1.54) is 37.9 Å². The van der Waals surface area contributed by atoms with Gasteiger partial charge in [0, 0.05) is 25.7 Å². The largest absolute Gasteiger partial charge is 0.315 e. The van der Waals surface area contributed by atoms with Crippen LogP contribution in [0.5, 0.6) is 0 Å². The Bertz CT molecular complexity index is 416. The van der Waals surface area contributed by atoms with Crippen LogP contribution < -0.4 is 5.32 Å². The van der Waals surface area contributed by atoms with E-state index < -0.39 is 0 Å². The van der Waals surface area contributed by atoms with Crippen LogP contribution in [0, 0.1) is 17.8 Å². The SMILES string of the molecule is CC(C)CNCC(c1ccccc1)N1CC2CCCC2C1. The van der Waals surface area contributed by atoms with Gasteiger partial charge in [0.05, 0.1) is 0 Å². The standard InChI is InChI=1S/C19H30N2/c1-15(2)11-20-12-19(16-7-4-3-5-8-16)21-13-17-9-6-10-18(17)14-21/h3-5,7-8,15,17-20H,6,9-14H2,1-2H3. The summed E-state index contributed by atoms with van der Waals surface area (Å²) in [6.07, 6.45) is 4.38. The van der Waals surface area contributed by atoms with Crippen LogP contribution >= 0.6 is 0 Å². The predicted octanol–water partition coefficient (Wildman–Crippen LogP) is 3.71. The maximum absolute atomic E-state index is 3.68. The van der Waals surface area contributed by atoms with Crippen LogP contribution in [0.3, 0.4) is 0 Å². The first-order valence-electron chi connectivity index (χ1n) is 8.73. The second-order valence-corrected chi connectivity index (χ2v) is 7.38. The monoisotopic (exact) mass is 286 g/mol. The van der Waals surface area contributed by atoms with Crippen molar-refractivity contribution in [3.05, 3.63) is 35.9 Å². The normalized spacial score (nSPS) is 27.2. The van der Waals surface area contributed by atoms with Crippen molar-refractivity contribution in [2.45, 2.75) is 39.2 Å². The fraction of sp³-hybridized carbons (Fsp3) is 0.684. The molecule has 3 atom stereocenters. The van der Waals surface area contributed by atoms with Crippen LogP contribution in [-0.4, -0.2) is 31.1 Å². The number of hydrogen-bond donors (Lipinski definition) is 1. The molecule has 21 heavy (non-hydrogen) atoms. The maximum atomic E-state index is 3.68. The summed E-state index contributed by atoms with van der Waals surface area (Å²) in [6.45, 7) is 9.39. The molecule has 2 aliphatic rings. The molecule has 0 bridgehead atoms. The van der Waals surface area contributed by atoms with Gasteiger partial charge < -0.3 is 5.32 Å². The summed E-state index contributed by atoms with van der Waals surface area (Å²) >= 11 is 0. The third-order valence-electron chi connectivity index (χ3n) is 5.27. The van der Waals surface area contributed by atoms with Gasteiger partial charge in [-0.3, -0.25) is 4.90 Å².